The van der Waals surface area contributed by atoms with E-state index in [0.717, 1.165) is 13.1 Å². The van der Waals surface area contributed by atoms with Crippen LogP contribution in [0.25, 0.3) is 0 Å². The van der Waals surface area contributed by atoms with Crippen LogP contribution in [0.5, 0.6) is 0 Å². The van der Waals surface area contributed by atoms with Gasteiger partial charge in [0, 0.05) is 19.5 Å². The molecule has 2 aliphatic heterocycles. The predicted molar refractivity (Wildman–Crippen MR) is 75.9 cm³/mol. The third-order valence-electron chi connectivity index (χ3n) is 4.32. The van der Waals surface area contributed by atoms with Crippen molar-refractivity contribution in [2.24, 2.45) is 0 Å². The Morgan fingerprint density at radius 2 is 2.05 bits per heavy atom. The zero-order valence-electron chi connectivity index (χ0n) is 12.0. The normalized spacial score (nSPS) is 23.1. The number of benzene rings is 1. The molecule has 4 heteroatoms. The fraction of sp³-hybridized carbons (Fsp3) is 0.500. The number of carbonyl (C=O) groups is 2. The average molecular weight is 272 g/mol. The van der Waals surface area contributed by atoms with Crippen LogP contribution >= 0.6 is 0 Å². The molecule has 1 aromatic carbocycles. The lowest BCUT2D eigenvalue weighted by Gasteiger charge is -2.29. The van der Waals surface area contributed by atoms with Crippen molar-refractivity contribution >= 4 is 11.8 Å². The molecule has 1 aromatic rings. The van der Waals surface area contributed by atoms with Crippen LogP contribution in [0.4, 0.5) is 0 Å². The first-order chi connectivity index (χ1) is 9.56. The Kier molecular flexibility index (Phi) is 3.34. The van der Waals surface area contributed by atoms with Gasteiger partial charge in [0.25, 0.3) is 0 Å². The highest BCUT2D eigenvalue weighted by atomic mass is 16.2. The molecular formula is C16H20N2O2. The summed E-state index contributed by atoms with van der Waals surface area (Å²) < 4.78 is 0. The Morgan fingerprint density at radius 3 is 2.75 bits per heavy atom. The first-order valence-electron chi connectivity index (χ1n) is 7.24. The molecule has 0 spiro atoms. The van der Waals surface area contributed by atoms with Crippen molar-refractivity contribution in [1.82, 2.24) is 10.2 Å². The van der Waals surface area contributed by atoms with Crippen LogP contribution in [0.15, 0.2) is 18.2 Å². The highest BCUT2D eigenvalue weighted by Crippen LogP contribution is 2.32. The van der Waals surface area contributed by atoms with E-state index in [4.69, 9.17) is 0 Å². The van der Waals surface area contributed by atoms with E-state index in [0.29, 0.717) is 18.8 Å². The topological polar surface area (TPSA) is 49.4 Å². The summed E-state index contributed by atoms with van der Waals surface area (Å²) in [5, 5.41) is 2.45. The van der Waals surface area contributed by atoms with Gasteiger partial charge in [-0.05, 0) is 29.0 Å². The number of carbonyl (C=O) groups excluding carboxylic acids is 2. The van der Waals surface area contributed by atoms with Crippen molar-refractivity contribution in [2.75, 3.05) is 0 Å². The monoisotopic (exact) mass is 272 g/mol. The molecule has 3 rings (SSSR count). The zero-order chi connectivity index (χ0) is 14.3. The lowest BCUT2D eigenvalue weighted by Crippen LogP contribution is -2.50. The molecular weight excluding hydrogens is 252 g/mol. The molecule has 0 bridgehead atoms. The van der Waals surface area contributed by atoms with Crippen LogP contribution in [-0.2, 0) is 22.7 Å². The maximum Gasteiger partial charge on any atom is 0.243 e. The second kappa shape index (κ2) is 5.02. The van der Waals surface area contributed by atoms with Gasteiger partial charge in [0.15, 0.2) is 0 Å². The molecule has 0 aromatic heterocycles. The molecule has 1 unspecified atom stereocenters. The van der Waals surface area contributed by atoms with Crippen LogP contribution in [0.2, 0.25) is 0 Å². The standard InChI is InChI=1S/C16H20N2O2/c1-10(2)12-5-3-4-11-8-18(9-13(11)12)14-6-7-15(19)17-16(14)20/h3-5,10,14H,6-9H2,1-2H3,(H,17,19,20). The second-order valence-corrected chi connectivity index (χ2v) is 6.01. The second-order valence-electron chi connectivity index (χ2n) is 6.01. The van der Waals surface area contributed by atoms with Crippen molar-refractivity contribution < 1.29 is 9.59 Å². The number of piperidine rings is 1. The Labute approximate surface area is 119 Å². The molecule has 0 saturated carbocycles. The molecule has 2 amide bonds. The summed E-state index contributed by atoms with van der Waals surface area (Å²) in [4.78, 5) is 25.4. The maximum atomic E-state index is 12.0. The van der Waals surface area contributed by atoms with Gasteiger partial charge >= 0.3 is 0 Å². The summed E-state index contributed by atoms with van der Waals surface area (Å²) in [5.41, 5.74) is 4.06. The van der Waals surface area contributed by atoms with Crippen LogP contribution in [0.3, 0.4) is 0 Å². The van der Waals surface area contributed by atoms with Crippen molar-refractivity contribution in [2.45, 2.75) is 51.7 Å². The minimum absolute atomic E-state index is 0.139. The van der Waals surface area contributed by atoms with Gasteiger partial charge in [0.2, 0.25) is 11.8 Å². The van der Waals surface area contributed by atoms with E-state index in [-0.39, 0.29) is 17.9 Å². The Bertz CT molecular complexity index is 566. The third-order valence-corrected chi connectivity index (χ3v) is 4.32. The van der Waals surface area contributed by atoms with Crippen LogP contribution in [0, 0.1) is 0 Å². The Morgan fingerprint density at radius 1 is 1.25 bits per heavy atom. The molecule has 2 aliphatic rings. The van der Waals surface area contributed by atoms with Crippen LogP contribution in [-0.4, -0.2) is 22.8 Å². The number of fused-ring (bicyclic) bond motifs is 1. The van der Waals surface area contributed by atoms with Gasteiger partial charge in [-0.2, -0.15) is 0 Å². The van der Waals surface area contributed by atoms with E-state index in [9.17, 15) is 9.59 Å². The van der Waals surface area contributed by atoms with Gasteiger partial charge in [-0.1, -0.05) is 32.0 Å². The lowest BCUT2D eigenvalue weighted by atomic mass is 9.95. The van der Waals surface area contributed by atoms with E-state index < -0.39 is 0 Å². The van der Waals surface area contributed by atoms with Crippen LogP contribution < -0.4 is 5.32 Å². The quantitative estimate of drug-likeness (QED) is 0.837. The molecule has 20 heavy (non-hydrogen) atoms. The van der Waals surface area contributed by atoms with Crippen molar-refractivity contribution in [1.29, 1.82) is 0 Å². The smallest absolute Gasteiger partial charge is 0.243 e. The molecule has 1 N–H and O–H groups in total. The minimum atomic E-state index is -0.167. The zero-order valence-corrected chi connectivity index (χ0v) is 12.0. The molecule has 0 aliphatic carbocycles. The number of rotatable bonds is 2. The maximum absolute atomic E-state index is 12.0. The van der Waals surface area contributed by atoms with E-state index >= 15 is 0 Å². The minimum Gasteiger partial charge on any atom is -0.295 e. The number of nitrogens with zero attached hydrogens (tertiary/aromatic N) is 1. The van der Waals surface area contributed by atoms with E-state index in [1.807, 2.05) is 0 Å². The fourth-order valence-electron chi connectivity index (χ4n) is 3.27. The summed E-state index contributed by atoms with van der Waals surface area (Å²) in [6.45, 7) is 6.02. The fourth-order valence-corrected chi connectivity index (χ4v) is 3.27. The van der Waals surface area contributed by atoms with Gasteiger partial charge in [0.05, 0.1) is 6.04 Å². The predicted octanol–water partition coefficient (Wildman–Crippen LogP) is 1.93. The summed E-state index contributed by atoms with van der Waals surface area (Å²) in [6.07, 6.45) is 1.08. The number of nitrogens with one attached hydrogen (secondary N) is 1. The highest BCUT2D eigenvalue weighted by Gasteiger charge is 2.35. The molecule has 4 nitrogen and oxygen atoms in total. The van der Waals surface area contributed by atoms with Gasteiger partial charge < -0.3 is 0 Å². The molecule has 106 valence electrons. The van der Waals surface area contributed by atoms with Crippen molar-refractivity contribution in [3.05, 3.63) is 34.9 Å². The summed E-state index contributed by atoms with van der Waals surface area (Å²) in [6, 6.07) is 6.26. The average Bonchev–Trinajstić information content (AvgIpc) is 2.81. The van der Waals surface area contributed by atoms with Gasteiger partial charge in [0.1, 0.15) is 0 Å². The van der Waals surface area contributed by atoms with Crippen molar-refractivity contribution in [3.8, 4) is 0 Å². The number of amides is 2. The Balaban J connectivity index is 1.82. The highest BCUT2D eigenvalue weighted by molar-refractivity contribution is 6.00. The first kappa shape index (κ1) is 13.3. The molecule has 2 heterocycles. The molecule has 1 atom stereocenters. The van der Waals surface area contributed by atoms with E-state index in [1.165, 1.54) is 16.7 Å². The molecule has 1 saturated heterocycles. The summed E-state index contributed by atoms with van der Waals surface area (Å²) in [5.74, 6) is 0.206. The largest absolute Gasteiger partial charge is 0.295 e. The van der Waals surface area contributed by atoms with Crippen molar-refractivity contribution in [3.63, 3.8) is 0 Å². The first-order valence-corrected chi connectivity index (χ1v) is 7.24. The number of imide groups is 1. The van der Waals surface area contributed by atoms with Crippen LogP contribution in [0.1, 0.15) is 49.3 Å². The van der Waals surface area contributed by atoms with Gasteiger partial charge in [-0.15, -0.1) is 0 Å². The Hall–Kier alpha value is -1.68. The number of hydrogen-bond donors (Lipinski definition) is 1. The molecule has 0 radical (unpaired) electrons. The lowest BCUT2D eigenvalue weighted by molar-refractivity contribution is -0.137. The third kappa shape index (κ3) is 2.24. The molecule has 1 fully saturated rings. The van der Waals surface area contributed by atoms with Gasteiger partial charge in [-0.3, -0.25) is 19.8 Å². The summed E-state index contributed by atoms with van der Waals surface area (Å²) >= 11 is 0. The van der Waals surface area contributed by atoms with E-state index in [1.54, 1.807) is 0 Å². The van der Waals surface area contributed by atoms with Gasteiger partial charge in [-0.25, -0.2) is 0 Å². The summed E-state index contributed by atoms with van der Waals surface area (Å²) in [7, 11) is 0. The van der Waals surface area contributed by atoms with E-state index in [2.05, 4.69) is 42.3 Å². The SMILES string of the molecule is CC(C)c1cccc2c1CN(C1CCC(=O)NC1=O)C2. The number of hydrogen-bond acceptors (Lipinski definition) is 3.